The predicted octanol–water partition coefficient (Wildman–Crippen LogP) is 3.37. The van der Waals surface area contributed by atoms with Gasteiger partial charge in [0.2, 0.25) is 0 Å². The molecule has 1 N–H and O–H groups in total. The van der Waals surface area contributed by atoms with Gasteiger partial charge in [-0.1, -0.05) is 32.0 Å². The van der Waals surface area contributed by atoms with E-state index in [0.29, 0.717) is 5.92 Å². The third-order valence-electron chi connectivity index (χ3n) is 1.96. The molecule has 0 aliphatic rings. The normalized spacial score (nSPS) is 13.3. The summed E-state index contributed by atoms with van der Waals surface area (Å²) in [6.45, 7) is 4.25. The molecule has 0 spiro atoms. The summed E-state index contributed by atoms with van der Waals surface area (Å²) < 4.78 is 1.15. The summed E-state index contributed by atoms with van der Waals surface area (Å²) in [5.74, 6) is 0.533. The molecule has 72 valence electrons. The Balaban J connectivity index is 2.76. The summed E-state index contributed by atoms with van der Waals surface area (Å²) in [5.41, 5.74) is 1.05. The van der Waals surface area contributed by atoms with Gasteiger partial charge in [0.05, 0.1) is 6.10 Å². The number of halogens is 1. The fourth-order valence-electron chi connectivity index (χ4n) is 1.32. The number of aliphatic hydroxyl groups excluding tert-OH is 1. The van der Waals surface area contributed by atoms with Crippen LogP contribution in [0.25, 0.3) is 0 Å². The van der Waals surface area contributed by atoms with Crippen molar-refractivity contribution >= 4 is 22.6 Å². The molecule has 2 heteroatoms. The molecule has 0 saturated carbocycles. The monoisotopic (exact) mass is 290 g/mol. The minimum Gasteiger partial charge on any atom is -0.388 e. The van der Waals surface area contributed by atoms with Gasteiger partial charge in [-0.25, -0.2) is 0 Å². The Morgan fingerprint density at radius 3 is 2.46 bits per heavy atom. The van der Waals surface area contributed by atoms with Gasteiger partial charge in [-0.15, -0.1) is 0 Å². The first-order chi connectivity index (χ1) is 6.11. The molecule has 0 aliphatic carbocycles. The summed E-state index contributed by atoms with van der Waals surface area (Å²) in [6, 6.07) is 7.99. The van der Waals surface area contributed by atoms with Crippen molar-refractivity contribution in [2.45, 2.75) is 26.4 Å². The lowest BCUT2D eigenvalue weighted by atomic mass is 10.00. The molecule has 1 nitrogen and oxygen atoms in total. The van der Waals surface area contributed by atoms with Crippen molar-refractivity contribution in [2.24, 2.45) is 5.92 Å². The van der Waals surface area contributed by atoms with Gasteiger partial charge in [0.25, 0.3) is 0 Å². The highest BCUT2D eigenvalue weighted by Gasteiger charge is 2.11. The van der Waals surface area contributed by atoms with Gasteiger partial charge in [0, 0.05) is 3.57 Å². The molecule has 1 atom stereocenters. The Morgan fingerprint density at radius 1 is 1.31 bits per heavy atom. The van der Waals surface area contributed by atoms with Gasteiger partial charge >= 0.3 is 0 Å². The smallest absolute Gasteiger partial charge is 0.0802 e. The molecule has 1 unspecified atom stereocenters. The van der Waals surface area contributed by atoms with Gasteiger partial charge in [-0.05, 0) is 46.6 Å². The maximum Gasteiger partial charge on any atom is 0.0802 e. The van der Waals surface area contributed by atoms with Gasteiger partial charge in [0.15, 0.2) is 0 Å². The highest BCUT2D eigenvalue weighted by molar-refractivity contribution is 14.1. The maximum absolute atomic E-state index is 9.87. The fraction of sp³-hybridized carbons (Fsp3) is 0.455. The lowest BCUT2D eigenvalue weighted by molar-refractivity contribution is 0.150. The van der Waals surface area contributed by atoms with Gasteiger partial charge in [-0.3, -0.25) is 0 Å². The second-order valence-electron chi connectivity index (χ2n) is 3.67. The quantitative estimate of drug-likeness (QED) is 0.846. The number of rotatable bonds is 3. The van der Waals surface area contributed by atoms with Crippen LogP contribution in [0.5, 0.6) is 0 Å². The summed E-state index contributed by atoms with van der Waals surface area (Å²) in [5, 5.41) is 9.87. The van der Waals surface area contributed by atoms with Crippen LogP contribution < -0.4 is 0 Å². The maximum atomic E-state index is 9.87. The minimum atomic E-state index is -0.312. The van der Waals surface area contributed by atoms with Crippen molar-refractivity contribution in [3.05, 3.63) is 33.4 Å². The first kappa shape index (κ1) is 11.0. The van der Waals surface area contributed by atoms with Gasteiger partial charge < -0.3 is 5.11 Å². The van der Waals surface area contributed by atoms with E-state index in [2.05, 4.69) is 36.4 Å². The van der Waals surface area contributed by atoms with E-state index in [9.17, 15) is 5.11 Å². The van der Waals surface area contributed by atoms with Crippen LogP contribution in [0.3, 0.4) is 0 Å². The molecule has 1 rings (SSSR count). The first-order valence-corrected chi connectivity index (χ1v) is 5.61. The number of hydrogen-bond donors (Lipinski definition) is 1. The van der Waals surface area contributed by atoms with E-state index >= 15 is 0 Å². The zero-order valence-electron chi connectivity index (χ0n) is 8.00. The van der Waals surface area contributed by atoms with E-state index in [1.54, 1.807) is 0 Å². The van der Waals surface area contributed by atoms with E-state index in [1.807, 2.05) is 24.3 Å². The highest BCUT2D eigenvalue weighted by atomic mass is 127. The number of aliphatic hydroxyl groups is 1. The lowest BCUT2D eigenvalue weighted by Gasteiger charge is -2.14. The average Bonchev–Trinajstić information content (AvgIpc) is 2.03. The predicted molar refractivity (Wildman–Crippen MR) is 63.6 cm³/mol. The molecule has 1 aromatic rings. The molecular weight excluding hydrogens is 275 g/mol. The molecule has 13 heavy (non-hydrogen) atoms. The van der Waals surface area contributed by atoms with Crippen molar-refractivity contribution in [3.8, 4) is 0 Å². The molecule has 0 aliphatic heterocycles. The zero-order valence-corrected chi connectivity index (χ0v) is 10.2. The Bertz CT molecular complexity index is 271. The lowest BCUT2D eigenvalue weighted by Crippen LogP contribution is -2.03. The Labute approximate surface area is 93.3 Å². The third kappa shape index (κ3) is 3.27. The largest absolute Gasteiger partial charge is 0.388 e. The van der Waals surface area contributed by atoms with E-state index in [4.69, 9.17) is 0 Å². The topological polar surface area (TPSA) is 20.2 Å². The van der Waals surface area contributed by atoms with Crippen molar-refractivity contribution < 1.29 is 5.11 Å². The van der Waals surface area contributed by atoms with Crippen LogP contribution in [0.2, 0.25) is 0 Å². The van der Waals surface area contributed by atoms with Crippen molar-refractivity contribution in [3.63, 3.8) is 0 Å². The molecule has 0 bridgehead atoms. The molecule has 0 amide bonds. The van der Waals surface area contributed by atoms with Crippen LogP contribution in [0.15, 0.2) is 24.3 Å². The molecule has 0 heterocycles. The molecule has 0 fully saturated rings. The Kier molecular flexibility index (Phi) is 4.19. The number of benzene rings is 1. The first-order valence-electron chi connectivity index (χ1n) is 4.53. The summed E-state index contributed by atoms with van der Waals surface area (Å²) in [7, 11) is 0. The van der Waals surface area contributed by atoms with Crippen LogP contribution in [0, 0.1) is 9.49 Å². The fourth-order valence-corrected chi connectivity index (χ4v) is 2.07. The Morgan fingerprint density at radius 2 is 1.92 bits per heavy atom. The molecule has 1 aromatic carbocycles. The summed E-state index contributed by atoms with van der Waals surface area (Å²) >= 11 is 2.26. The van der Waals surface area contributed by atoms with Crippen LogP contribution >= 0.6 is 22.6 Å². The van der Waals surface area contributed by atoms with E-state index in [-0.39, 0.29) is 6.10 Å². The van der Waals surface area contributed by atoms with Gasteiger partial charge in [0.1, 0.15) is 0 Å². The average molecular weight is 290 g/mol. The molecular formula is C11H15IO. The van der Waals surface area contributed by atoms with Crippen LogP contribution in [0.1, 0.15) is 31.9 Å². The molecule has 0 aromatic heterocycles. The van der Waals surface area contributed by atoms with E-state index < -0.39 is 0 Å². The van der Waals surface area contributed by atoms with E-state index in [1.165, 1.54) is 0 Å². The summed E-state index contributed by atoms with van der Waals surface area (Å²) in [4.78, 5) is 0. The van der Waals surface area contributed by atoms with Crippen LogP contribution in [0.4, 0.5) is 0 Å². The van der Waals surface area contributed by atoms with Crippen molar-refractivity contribution in [2.75, 3.05) is 0 Å². The van der Waals surface area contributed by atoms with Crippen molar-refractivity contribution in [1.82, 2.24) is 0 Å². The molecule has 0 saturated heterocycles. The van der Waals surface area contributed by atoms with Gasteiger partial charge in [-0.2, -0.15) is 0 Å². The zero-order chi connectivity index (χ0) is 9.84. The second-order valence-corrected chi connectivity index (χ2v) is 4.83. The minimum absolute atomic E-state index is 0.312. The highest BCUT2D eigenvalue weighted by Crippen LogP contribution is 2.24. The second kappa shape index (κ2) is 4.96. The third-order valence-corrected chi connectivity index (χ3v) is 2.94. The van der Waals surface area contributed by atoms with E-state index in [0.717, 1.165) is 15.6 Å². The van der Waals surface area contributed by atoms with Crippen LogP contribution in [-0.2, 0) is 0 Å². The Hall–Kier alpha value is -0.0900. The molecule has 0 radical (unpaired) electrons. The SMILES string of the molecule is CC(C)CC(O)c1ccccc1I. The standard InChI is InChI=1S/C11H15IO/c1-8(2)7-11(13)9-5-3-4-6-10(9)12/h3-6,8,11,13H,7H2,1-2H3. The van der Waals surface area contributed by atoms with Crippen LogP contribution in [-0.4, -0.2) is 5.11 Å². The summed E-state index contributed by atoms with van der Waals surface area (Å²) in [6.07, 6.45) is 0.521. The van der Waals surface area contributed by atoms with Crippen molar-refractivity contribution in [1.29, 1.82) is 0 Å². The number of hydrogen-bond acceptors (Lipinski definition) is 1.